The van der Waals surface area contributed by atoms with Crippen LogP contribution in [0.1, 0.15) is 35.2 Å². The summed E-state index contributed by atoms with van der Waals surface area (Å²) in [6.45, 7) is 1.98. The maximum atomic E-state index is 12.5. The molecule has 6 nitrogen and oxygen atoms in total. The molecule has 1 aliphatic heterocycles. The first kappa shape index (κ1) is 17.4. The van der Waals surface area contributed by atoms with E-state index in [0.29, 0.717) is 25.4 Å². The van der Waals surface area contributed by atoms with Crippen LogP contribution in [0.2, 0.25) is 0 Å². The highest BCUT2D eigenvalue weighted by molar-refractivity contribution is 5.95. The number of nitrogens with zero attached hydrogens (tertiary/aromatic N) is 1. The smallest absolute Gasteiger partial charge is 0.305 e. The summed E-state index contributed by atoms with van der Waals surface area (Å²) in [5.74, 6) is -1.10. The summed E-state index contributed by atoms with van der Waals surface area (Å²) in [7, 11) is 1.61. The summed E-state index contributed by atoms with van der Waals surface area (Å²) in [6, 6.07) is 7.30. The second-order valence-corrected chi connectivity index (χ2v) is 5.65. The summed E-state index contributed by atoms with van der Waals surface area (Å²) in [6.07, 6.45) is 1.84. The van der Waals surface area contributed by atoms with Crippen molar-refractivity contribution in [3.63, 3.8) is 0 Å². The molecule has 6 heteroatoms. The second-order valence-electron chi connectivity index (χ2n) is 5.65. The van der Waals surface area contributed by atoms with Crippen molar-refractivity contribution in [2.24, 2.45) is 0 Å². The van der Waals surface area contributed by atoms with Crippen LogP contribution in [0.4, 0.5) is 0 Å². The van der Waals surface area contributed by atoms with Crippen molar-refractivity contribution in [1.29, 1.82) is 0 Å². The predicted molar refractivity (Wildman–Crippen MR) is 84.3 cm³/mol. The fourth-order valence-electron chi connectivity index (χ4n) is 2.48. The quantitative estimate of drug-likeness (QED) is 0.830. The number of rotatable bonds is 7. The lowest BCUT2D eigenvalue weighted by Gasteiger charge is -2.23. The minimum atomic E-state index is -0.916. The van der Waals surface area contributed by atoms with Crippen LogP contribution in [0.15, 0.2) is 24.3 Å². The molecule has 0 saturated carbocycles. The second kappa shape index (κ2) is 8.64. The number of amides is 1. The van der Waals surface area contributed by atoms with E-state index in [-0.39, 0.29) is 25.0 Å². The lowest BCUT2D eigenvalue weighted by molar-refractivity contribution is -0.137. The van der Waals surface area contributed by atoms with E-state index in [1.807, 2.05) is 12.1 Å². The van der Waals surface area contributed by atoms with E-state index >= 15 is 0 Å². The van der Waals surface area contributed by atoms with Crippen LogP contribution in [0.5, 0.6) is 0 Å². The molecule has 2 rings (SSSR count). The van der Waals surface area contributed by atoms with Crippen molar-refractivity contribution in [2.75, 3.05) is 26.8 Å². The Labute approximate surface area is 136 Å². The fourth-order valence-corrected chi connectivity index (χ4v) is 2.48. The molecular weight excluding hydrogens is 298 g/mol. The normalized spacial score (nSPS) is 15.3. The van der Waals surface area contributed by atoms with Crippen LogP contribution >= 0.6 is 0 Å². The van der Waals surface area contributed by atoms with Gasteiger partial charge < -0.3 is 19.5 Å². The summed E-state index contributed by atoms with van der Waals surface area (Å²) in [5, 5.41) is 8.73. The Balaban J connectivity index is 1.98. The van der Waals surface area contributed by atoms with Gasteiger partial charge in [0.1, 0.15) is 0 Å². The monoisotopic (exact) mass is 321 g/mol. The van der Waals surface area contributed by atoms with Crippen LogP contribution in [0.3, 0.4) is 0 Å². The van der Waals surface area contributed by atoms with Gasteiger partial charge >= 0.3 is 5.97 Å². The Morgan fingerprint density at radius 2 is 2.00 bits per heavy atom. The zero-order valence-electron chi connectivity index (χ0n) is 13.4. The molecule has 23 heavy (non-hydrogen) atoms. The van der Waals surface area contributed by atoms with E-state index in [9.17, 15) is 9.59 Å². The average Bonchev–Trinajstić information content (AvgIpc) is 2.58. The number of carboxylic acids is 1. The minimum absolute atomic E-state index is 0.0665. The molecule has 1 aliphatic rings. The third kappa shape index (κ3) is 5.33. The summed E-state index contributed by atoms with van der Waals surface area (Å²) in [5.41, 5.74) is 1.39. The van der Waals surface area contributed by atoms with Gasteiger partial charge in [-0.15, -0.1) is 0 Å². The van der Waals surface area contributed by atoms with Gasteiger partial charge in [-0.2, -0.15) is 0 Å². The highest BCUT2D eigenvalue weighted by Gasteiger charge is 2.18. The zero-order chi connectivity index (χ0) is 16.7. The standard InChI is InChI=1S/C17H23NO5/c1-18(9-6-16(19)20)17(21)15-5-3-2-4-13(15)12-23-14-7-10-22-11-8-14/h2-5,14H,6-12H2,1H3,(H,19,20). The van der Waals surface area contributed by atoms with E-state index in [2.05, 4.69) is 0 Å². The fraction of sp³-hybridized carbons (Fsp3) is 0.529. The Kier molecular flexibility index (Phi) is 6.55. The number of ether oxygens (including phenoxy) is 2. The molecular formula is C17H23NO5. The molecule has 1 aromatic carbocycles. The van der Waals surface area contributed by atoms with Crippen LogP contribution in [0.25, 0.3) is 0 Å². The van der Waals surface area contributed by atoms with Crippen LogP contribution in [0, 0.1) is 0 Å². The van der Waals surface area contributed by atoms with E-state index < -0.39 is 5.97 Å². The molecule has 1 aromatic rings. The van der Waals surface area contributed by atoms with Gasteiger partial charge in [0, 0.05) is 32.4 Å². The van der Waals surface area contributed by atoms with E-state index in [4.69, 9.17) is 14.6 Å². The van der Waals surface area contributed by atoms with Gasteiger partial charge in [0.15, 0.2) is 0 Å². The van der Waals surface area contributed by atoms with Crippen molar-refractivity contribution in [1.82, 2.24) is 4.90 Å². The van der Waals surface area contributed by atoms with Crippen molar-refractivity contribution in [3.8, 4) is 0 Å². The first-order valence-electron chi connectivity index (χ1n) is 7.82. The van der Waals surface area contributed by atoms with Gasteiger partial charge in [-0.05, 0) is 24.5 Å². The molecule has 0 aromatic heterocycles. The highest BCUT2D eigenvalue weighted by atomic mass is 16.5. The third-order valence-electron chi connectivity index (χ3n) is 3.90. The Morgan fingerprint density at radius 1 is 1.30 bits per heavy atom. The molecule has 1 saturated heterocycles. The molecule has 0 aliphatic carbocycles. The number of hydrogen-bond acceptors (Lipinski definition) is 4. The van der Waals surface area contributed by atoms with Gasteiger partial charge in [-0.3, -0.25) is 9.59 Å². The van der Waals surface area contributed by atoms with Crippen molar-refractivity contribution >= 4 is 11.9 Å². The molecule has 1 fully saturated rings. The molecule has 0 unspecified atom stereocenters. The Morgan fingerprint density at radius 3 is 2.70 bits per heavy atom. The summed E-state index contributed by atoms with van der Waals surface area (Å²) in [4.78, 5) is 24.6. The maximum absolute atomic E-state index is 12.5. The Bertz CT molecular complexity index is 540. The van der Waals surface area contributed by atoms with E-state index in [1.54, 1.807) is 19.2 Å². The largest absolute Gasteiger partial charge is 0.481 e. The van der Waals surface area contributed by atoms with Gasteiger partial charge in [0.25, 0.3) is 5.91 Å². The molecule has 1 amide bonds. The number of hydrogen-bond donors (Lipinski definition) is 1. The van der Waals surface area contributed by atoms with E-state index in [0.717, 1.165) is 18.4 Å². The maximum Gasteiger partial charge on any atom is 0.305 e. The van der Waals surface area contributed by atoms with Crippen molar-refractivity contribution < 1.29 is 24.2 Å². The van der Waals surface area contributed by atoms with Crippen LogP contribution in [-0.4, -0.2) is 54.8 Å². The number of benzene rings is 1. The van der Waals surface area contributed by atoms with Gasteiger partial charge in [0.05, 0.1) is 19.1 Å². The number of carbonyl (C=O) groups is 2. The van der Waals surface area contributed by atoms with Gasteiger partial charge in [0.2, 0.25) is 0 Å². The minimum Gasteiger partial charge on any atom is -0.481 e. The first-order chi connectivity index (χ1) is 11.1. The summed E-state index contributed by atoms with van der Waals surface area (Å²) < 4.78 is 11.2. The average molecular weight is 321 g/mol. The molecule has 126 valence electrons. The van der Waals surface area contributed by atoms with Crippen LogP contribution in [-0.2, 0) is 20.9 Å². The Hall–Kier alpha value is -1.92. The number of aliphatic carboxylic acids is 1. The lowest BCUT2D eigenvalue weighted by atomic mass is 10.1. The molecule has 0 radical (unpaired) electrons. The topological polar surface area (TPSA) is 76.1 Å². The van der Waals surface area contributed by atoms with Gasteiger partial charge in [-0.25, -0.2) is 0 Å². The summed E-state index contributed by atoms with van der Waals surface area (Å²) >= 11 is 0. The van der Waals surface area contributed by atoms with E-state index in [1.165, 1.54) is 4.90 Å². The highest BCUT2D eigenvalue weighted by Crippen LogP contribution is 2.17. The van der Waals surface area contributed by atoms with Gasteiger partial charge in [-0.1, -0.05) is 18.2 Å². The van der Waals surface area contributed by atoms with Crippen molar-refractivity contribution in [3.05, 3.63) is 35.4 Å². The lowest BCUT2D eigenvalue weighted by Crippen LogP contribution is -2.30. The zero-order valence-corrected chi connectivity index (χ0v) is 13.4. The molecule has 1 N–H and O–H groups in total. The molecule has 0 atom stereocenters. The molecule has 0 bridgehead atoms. The third-order valence-corrected chi connectivity index (χ3v) is 3.90. The SMILES string of the molecule is CN(CCC(=O)O)C(=O)c1ccccc1COC1CCOCC1. The predicted octanol–water partition coefficient (Wildman–Crippen LogP) is 1.93. The van der Waals surface area contributed by atoms with Crippen LogP contribution < -0.4 is 0 Å². The first-order valence-corrected chi connectivity index (χ1v) is 7.82. The molecule has 0 spiro atoms. The van der Waals surface area contributed by atoms with Crippen molar-refractivity contribution in [2.45, 2.75) is 32.0 Å². The number of carboxylic acid groups (broad SMARTS) is 1. The molecule has 1 heterocycles. The number of carbonyl (C=O) groups excluding carboxylic acids is 1.